The average Bonchev–Trinajstić information content (AvgIpc) is 3.93. The van der Waals surface area contributed by atoms with Crippen molar-refractivity contribution in [2.75, 3.05) is 27.3 Å². The second kappa shape index (κ2) is 17.8. The quantitative estimate of drug-likeness (QED) is 0.239. The fourth-order valence-electron chi connectivity index (χ4n) is 5.78. The highest BCUT2D eigenvalue weighted by Gasteiger charge is 2.39. The molecule has 4 atom stereocenters. The van der Waals surface area contributed by atoms with Gasteiger partial charge in [-0.3, -0.25) is 9.59 Å². The number of methoxy groups -OCH3 is 2. The van der Waals surface area contributed by atoms with E-state index >= 15 is 0 Å². The lowest BCUT2D eigenvalue weighted by atomic mass is 10.0. The number of carbonyl (C=O) groups is 4. The van der Waals surface area contributed by atoms with Crippen molar-refractivity contribution in [2.45, 2.75) is 77.5 Å². The number of nitrogens with one attached hydrogen (secondary N) is 2. The summed E-state index contributed by atoms with van der Waals surface area (Å²) in [6.45, 7) is 8.52. The SMILES string of the molecule is COC(=O)N[C@H](C(=O)N1CCCC1c1nc(C=C=C=CC=C=C=Cc2coc(C3CCCN3C(=O)[C@@H](NC(=O)OC)C(C)C)n2)co1)C(C)C. The Bertz CT molecular complexity index is 1600. The van der Waals surface area contributed by atoms with Crippen molar-refractivity contribution in [3.63, 3.8) is 0 Å². The Morgan fingerprint density at radius 3 is 1.50 bits per heavy atom. The number of hydrogen-bond donors (Lipinski definition) is 2. The number of carbonyl (C=O) groups excluding carboxylic acids is 4. The van der Waals surface area contributed by atoms with Gasteiger partial charge in [-0.1, -0.05) is 50.6 Å². The van der Waals surface area contributed by atoms with E-state index in [2.05, 4.69) is 53.0 Å². The average molecular weight is 689 g/mol. The Labute approximate surface area is 291 Å². The first-order valence-corrected chi connectivity index (χ1v) is 16.6. The highest BCUT2D eigenvalue weighted by atomic mass is 16.5. The maximum Gasteiger partial charge on any atom is 0.407 e. The molecule has 0 aromatic carbocycles. The number of amides is 4. The van der Waals surface area contributed by atoms with Gasteiger partial charge in [0.15, 0.2) is 0 Å². The molecule has 266 valence electrons. The normalized spacial score (nSPS) is 17.8. The minimum atomic E-state index is -0.724. The van der Waals surface area contributed by atoms with Gasteiger partial charge >= 0.3 is 12.2 Å². The lowest BCUT2D eigenvalue weighted by Gasteiger charge is -2.29. The maximum absolute atomic E-state index is 13.3. The molecule has 2 aliphatic rings. The van der Waals surface area contributed by atoms with E-state index in [1.807, 2.05) is 27.7 Å². The highest BCUT2D eigenvalue weighted by Crippen LogP contribution is 2.34. The van der Waals surface area contributed by atoms with Crippen LogP contribution in [0.3, 0.4) is 0 Å². The molecular formula is C36H44N6O8. The fourth-order valence-corrected chi connectivity index (χ4v) is 5.78. The summed E-state index contributed by atoms with van der Waals surface area (Å²) in [5.41, 5.74) is 12.6. The molecule has 4 rings (SSSR count). The van der Waals surface area contributed by atoms with E-state index in [-0.39, 0.29) is 35.7 Å². The van der Waals surface area contributed by atoms with Crippen molar-refractivity contribution in [2.24, 2.45) is 11.8 Å². The largest absolute Gasteiger partial charge is 0.453 e. The third kappa shape index (κ3) is 9.56. The molecule has 0 saturated carbocycles. The van der Waals surface area contributed by atoms with Crippen LogP contribution < -0.4 is 10.6 Å². The van der Waals surface area contributed by atoms with Gasteiger partial charge in [-0.25, -0.2) is 19.6 Å². The van der Waals surface area contributed by atoms with Crippen LogP contribution in [-0.2, 0) is 19.1 Å². The van der Waals surface area contributed by atoms with Gasteiger partial charge in [0.05, 0.1) is 14.2 Å². The zero-order chi connectivity index (χ0) is 36.2. The Morgan fingerprint density at radius 2 is 1.14 bits per heavy atom. The van der Waals surface area contributed by atoms with E-state index in [9.17, 15) is 19.2 Å². The Morgan fingerprint density at radius 1 is 0.740 bits per heavy atom. The lowest BCUT2D eigenvalue weighted by molar-refractivity contribution is -0.136. The maximum atomic E-state index is 13.3. The zero-order valence-electron chi connectivity index (χ0n) is 29.2. The fraction of sp³-hybridized carbons (Fsp3) is 0.500. The van der Waals surface area contributed by atoms with E-state index in [4.69, 9.17) is 8.83 Å². The molecule has 14 nitrogen and oxygen atoms in total. The number of allylic oxidation sites excluding steroid dienone is 2. The molecule has 0 radical (unpaired) electrons. The predicted octanol–water partition coefficient (Wildman–Crippen LogP) is 5.10. The van der Waals surface area contributed by atoms with Crippen molar-refractivity contribution in [1.82, 2.24) is 30.4 Å². The van der Waals surface area contributed by atoms with Crippen molar-refractivity contribution >= 4 is 36.2 Å². The molecule has 4 amide bonds. The number of oxazole rings is 2. The summed E-state index contributed by atoms with van der Waals surface area (Å²) in [4.78, 5) is 62.6. The minimum absolute atomic E-state index is 0.133. The van der Waals surface area contributed by atoms with Crippen LogP contribution in [0.5, 0.6) is 0 Å². The first kappa shape index (κ1) is 37.3. The molecule has 2 saturated heterocycles. The third-order valence-corrected chi connectivity index (χ3v) is 8.36. The summed E-state index contributed by atoms with van der Waals surface area (Å²) in [7, 11) is 2.52. The number of hydrogen-bond acceptors (Lipinski definition) is 10. The number of aromatic nitrogens is 2. The Balaban J connectivity index is 1.36. The smallest absolute Gasteiger partial charge is 0.407 e. The van der Waals surface area contributed by atoms with E-state index in [0.29, 0.717) is 49.1 Å². The molecule has 2 aromatic heterocycles. The first-order chi connectivity index (χ1) is 24.0. The summed E-state index contributed by atoms with van der Waals surface area (Å²) in [6, 6.07) is -2.12. The molecular weight excluding hydrogens is 644 g/mol. The number of ether oxygens (including phenoxy) is 2. The molecule has 50 heavy (non-hydrogen) atoms. The van der Waals surface area contributed by atoms with Crippen LogP contribution in [0.25, 0.3) is 12.2 Å². The second-order valence-corrected chi connectivity index (χ2v) is 12.5. The van der Waals surface area contributed by atoms with E-state index in [0.717, 1.165) is 12.8 Å². The molecule has 2 aromatic rings. The number of likely N-dealkylation sites (tertiary alicyclic amines) is 2. The van der Waals surface area contributed by atoms with Gasteiger partial charge in [-0.15, -0.1) is 0 Å². The zero-order valence-corrected chi connectivity index (χ0v) is 29.2. The standard InChI is InChI=1S/C36H44N6O8/c1-23(2)29(39-35(45)47-5)33(43)41-19-13-17-27(41)31-37-25(21-49-31)15-11-9-7-8-10-12-16-26-22-50-32(38-26)28-18-14-20-42(28)34(44)30(24(3)4)40-36(46)48-6/h7-8,15-16,21-24,27-30H,13-14,17-20H2,1-6H3,(H,39,45)(H,40,46)/t27?,28?,29-,30-/m0/s1. The van der Waals surface area contributed by atoms with Crippen molar-refractivity contribution in [3.05, 3.63) is 70.8 Å². The lowest BCUT2D eigenvalue weighted by Crippen LogP contribution is -2.51. The van der Waals surface area contributed by atoms with Crippen molar-refractivity contribution in [3.8, 4) is 0 Å². The topological polar surface area (TPSA) is 169 Å². The number of rotatable bonds is 11. The predicted molar refractivity (Wildman–Crippen MR) is 181 cm³/mol. The van der Waals surface area contributed by atoms with Crippen LogP contribution in [0.4, 0.5) is 9.59 Å². The molecule has 0 bridgehead atoms. The van der Waals surface area contributed by atoms with Gasteiger partial charge in [0.25, 0.3) is 0 Å². The van der Waals surface area contributed by atoms with Crippen LogP contribution in [0.1, 0.15) is 88.6 Å². The molecule has 14 heteroatoms. The molecule has 2 unspecified atom stereocenters. The molecule has 0 spiro atoms. The summed E-state index contributed by atoms with van der Waals surface area (Å²) in [5, 5.41) is 5.26. The molecule has 2 fully saturated rings. The minimum Gasteiger partial charge on any atom is -0.453 e. The highest BCUT2D eigenvalue weighted by molar-refractivity contribution is 5.87. The summed E-state index contributed by atoms with van der Waals surface area (Å²) < 4.78 is 20.8. The van der Waals surface area contributed by atoms with Crippen LogP contribution >= 0.6 is 0 Å². The van der Waals surface area contributed by atoms with E-state index < -0.39 is 24.3 Å². The number of nitrogens with zero attached hydrogens (tertiary/aromatic N) is 4. The summed E-state index contributed by atoms with van der Waals surface area (Å²) in [6.07, 6.45) is 11.1. The molecule has 4 heterocycles. The summed E-state index contributed by atoms with van der Waals surface area (Å²) >= 11 is 0. The van der Waals surface area contributed by atoms with Crippen molar-refractivity contribution < 1.29 is 37.5 Å². The van der Waals surface area contributed by atoms with Crippen LogP contribution in [-0.4, -0.2) is 83.2 Å². The number of alkyl carbamates (subject to hydrolysis) is 2. The van der Waals surface area contributed by atoms with Gasteiger partial charge in [0.2, 0.25) is 23.6 Å². The summed E-state index contributed by atoms with van der Waals surface area (Å²) in [5.74, 6) is 0.156. The first-order valence-electron chi connectivity index (χ1n) is 16.6. The van der Waals surface area contributed by atoms with Gasteiger partial charge in [-0.05, 0) is 49.7 Å². The van der Waals surface area contributed by atoms with Crippen LogP contribution in [0.15, 0.2) is 56.4 Å². The second-order valence-electron chi connectivity index (χ2n) is 12.5. The van der Waals surface area contributed by atoms with Gasteiger partial charge < -0.3 is 38.7 Å². The third-order valence-electron chi connectivity index (χ3n) is 8.36. The van der Waals surface area contributed by atoms with E-state index in [1.54, 1.807) is 34.1 Å². The van der Waals surface area contributed by atoms with Crippen LogP contribution in [0.2, 0.25) is 0 Å². The van der Waals surface area contributed by atoms with Gasteiger partial charge in [0.1, 0.15) is 48.1 Å². The molecule has 2 N–H and O–H groups in total. The molecule has 0 aliphatic carbocycles. The molecule has 2 aliphatic heterocycles. The van der Waals surface area contributed by atoms with Crippen LogP contribution in [0, 0.1) is 11.8 Å². The monoisotopic (exact) mass is 688 g/mol. The van der Waals surface area contributed by atoms with Crippen molar-refractivity contribution in [1.29, 1.82) is 0 Å². The van der Waals surface area contributed by atoms with Gasteiger partial charge in [-0.2, -0.15) is 0 Å². The van der Waals surface area contributed by atoms with E-state index in [1.165, 1.54) is 26.7 Å². The van der Waals surface area contributed by atoms with Gasteiger partial charge in [0, 0.05) is 25.2 Å². The Hall–Kier alpha value is -5.50. The Kier molecular flexibility index (Phi) is 13.3.